The van der Waals surface area contributed by atoms with Crippen molar-refractivity contribution in [1.82, 2.24) is 5.32 Å². The minimum Gasteiger partial charge on any atom is -0.399 e. The third kappa shape index (κ3) is 5.16. The fourth-order valence-corrected chi connectivity index (χ4v) is 1.44. The fraction of sp³-hybridized carbons (Fsp3) is 0.462. The lowest BCUT2D eigenvalue weighted by Gasteiger charge is -2.12. The van der Waals surface area contributed by atoms with Crippen LogP contribution in [0, 0.1) is 0 Å². The predicted molar refractivity (Wildman–Crippen MR) is 69.9 cm³/mol. The molecule has 0 spiro atoms. The number of amides is 1. The number of hydrogen-bond donors (Lipinski definition) is 3. The molecule has 0 aliphatic rings. The molecule has 5 nitrogen and oxygen atoms in total. The Kier molecular flexibility index (Phi) is 6.18. The summed E-state index contributed by atoms with van der Waals surface area (Å²) in [6.45, 7) is 3.07. The normalized spacial score (nSPS) is 12.1. The van der Waals surface area contributed by atoms with Crippen molar-refractivity contribution >= 4 is 11.6 Å². The van der Waals surface area contributed by atoms with Crippen LogP contribution in [-0.2, 0) is 9.53 Å². The quantitative estimate of drug-likeness (QED) is 0.496. The maximum Gasteiger partial charge on any atom is 0.222 e. The van der Waals surface area contributed by atoms with Gasteiger partial charge in [-0.15, -0.1) is 0 Å². The number of anilines is 1. The van der Waals surface area contributed by atoms with E-state index in [4.69, 9.17) is 10.5 Å². The first-order chi connectivity index (χ1) is 8.63. The van der Waals surface area contributed by atoms with Crippen molar-refractivity contribution in [2.75, 3.05) is 25.5 Å². The minimum atomic E-state index is -0.721. The van der Waals surface area contributed by atoms with Gasteiger partial charge in [-0.05, 0) is 24.6 Å². The van der Waals surface area contributed by atoms with Crippen LogP contribution < -0.4 is 11.1 Å². The minimum absolute atomic E-state index is 0.127. The van der Waals surface area contributed by atoms with Gasteiger partial charge in [0.15, 0.2) is 0 Å². The topological polar surface area (TPSA) is 84.6 Å². The highest BCUT2D eigenvalue weighted by molar-refractivity contribution is 5.75. The Bertz CT molecular complexity index is 365. The van der Waals surface area contributed by atoms with E-state index in [0.29, 0.717) is 25.3 Å². The number of hydrogen-bond acceptors (Lipinski definition) is 4. The molecule has 1 aromatic carbocycles. The molecule has 0 aliphatic carbocycles. The lowest BCUT2D eigenvalue weighted by Crippen LogP contribution is -2.29. The van der Waals surface area contributed by atoms with E-state index < -0.39 is 6.10 Å². The van der Waals surface area contributed by atoms with E-state index in [1.54, 1.807) is 24.3 Å². The highest BCUT2D eigenvalue weighted by Gasteiger charge is 2.09. The van der Waals surface area contributed by atoms with Crippen molar-refractivity contribution in [2.24, 2.45) is 0 Å². The molecule has 5 heteroatoms. The first-order valence-corrected chi connectivity index (χ1v) is 6.01. The third-order valence-electron chi connectivity index (χ3n) is 2.49. The Morgan fingerprint density at radius 3 is 2.72 bits per heavy atom. The van der Waals surface area contributed by atoms with Gasteiger partial charge in [0.1, 0.15) is 0 Å². The third-order valence-corrected chi connectivity index (χ3v) is 2.49. The van der Waals surface area contributed by atoms with Gasteiger partial charge in [0.05, 0.1) is 12.7 Å². The molecule has 0 aliphatic heterocycles. The summed E-state index contributed by atoms with van der Waals surface area (Å²) >= 11 is 0. The van der Waals surface area contributed by atoms with Crippen LogP contribution in [0.2, 0.25) is 0 Å². The number of carbonyl (C=O) groups is 1. The average Bonchev–Trinajstić information content (AvgIpc) is 2.37. The largest absolute Gasteiger partial charge is 0.399 e. The molecule has 18 heavy (non-hydrogen) atoms. The first kappa shape index (κ1) is 14.5. The Morgan fingerprint density at radius 1 is 1.44 bits per heavy atom. The van der Waals surface area contributed by atoms with E-state index in [9.17, 15) is 9.90 Å². The molecule has 0 radical (unpaired) electrons. The number of aliphatic hydroxyl groups excluding tert-OH is 1. The highest BCUT2D eigenvalue weighted by atomic mass is 16.5. The molecule has 0 saturated heterocycles. The maximum absolute atomic E-state index is 11.4. The molecular formula is C13H20N2O3. The van der Waals surface area contributed by atoms with Gasteiger partial charge in [0, 0.05) is 25.3 Å². The van der Waals surface area contributed by atoms with Crippen molar-refractivity contribution < 1.29 is 14.6 Å². The fourth-order valence-electron chi connectivity index (χ4n) is 1.44. The van der Waals surface area contributed by atoms with Crippen LogP contribution in [0.4, 0.5) is 5.69 Å². The zero-order chi connectivity index (χ0) is 13.4. The van der Waals surface area contributed by atoms with Crippen LogP contribution in [0.5, 0.6) is 0 Å². The standard InChI is InChI=1S/C13H20N2O3/c1-2-18-8-7-13(17)15-9-12(16)10-3-5-11(14)6-4-10/h3-6,12,16H,2,7-9,14H2,1H3,(H,15,17). The molecule has 0 aromatic heterocycles. The molecule has 0 heterocycles. The van der Waals surface area contributed by atoms with E-state index in [1.165, 1.54) is 0 Å². The van der Waals surface area contributed by atoms with Gasteiger partial charge < -0.3 is 20.9 Å². The Hall–Kier alpha value is -1.59. The van der Waals surface area contributed by atoms with Crippen molar-refractivity contribution in [2.45, 2.75) is 19.4 Å². The van der Waals surface area contributed by atoms with E-state index in [2.05, 4.69) is 5.32 Å². The van der Waals surface area contributed by atoms with Crippen molar-refractivity contribution in [3.05, 3.63) is 29.8 Å². The van der Waals surface area contributed by atoms with Gasteiger partial charge in [-0.2, -0.15) is 0 Å². The molecule has 100 valence electrons. The van der Waals surface area contributed by atoms with E-state index in [0.717, 1.165) is 5.56 Å². The summed E-state index contributed by atoms with van der Waals surface area (Å²) in [6.07, 6.45) is -0.413. The van der Waals surface area contributed by atoms with Gasteiger partial charge in [-0.25, -0.2) is 0 Å². The Labute approximate surface area is 107 Å². The smallest absolute Gasteiger partial charge is 0.222 e. The van der Waals surface area contributed by atoms with Crippen LogP contribution in [0.3, 0.4) is 0 Å². The molecule has 1 unspecified atom stereocenters. The summed E-state index contributed by atoms with van der Waals surface area (Å²) < 4.78 is 5.07. The van der Waals surface area contributed by atoms with E-state index >= 15 is 0 Å². The van der Waals surface area contributed by atoms with Gasteiger partial charge in [0.25, 0.3) is 0 Å². The number of benzene rings is 1. The van der Waals surface area contributed by atoms with Gasteiger partial charge in [0.2, 0.25) is 5.91 Å². The highest BCUT2D eigenvalue weighted by Crippen LogP contribution is 2.13. The zero-order valence-electron chi connectivity index (χ0n) is 10.6. The zero-order valence-corrected chi connectivity index (χ0v) is 10.6. The summed E-state index contributed by atoms with van der Waals surface area (Å²) in [4.78, 5) is 11.4. The SMILES string of the molecule is CCOCCC(=O)NCC(O)c1ccc(N)cc1. The van der Waals surface area contributed by atoms with Crippen LogP contribution in [-0.4, -0.2) is 30.8 Å². The Morgan fingerprint density at radius 2 is 2.11 bits per heavy atom. The van der Waals surface area contributed by atoms with E-state index in [1.807, 2.05) is 6.92 Å². The molecule has 0 saturated carbocycles. The van der Waals surface area contributed by atoms with Gasteiger partial charge in [-0.3, -0.25) is 4.79 Å². The van der Waals surface area contributed by atoms with Crippen molar-refractivity contribution in [3.63, 3.8) is 0 Å². The number of aliphatic hydroxyl groups is 1. The van der Waals surface area contributed by atoms with Crippen LogP contribution in [0.1, 0.15) is 25.0 Å². The molecule has 1 rings (SSSR count). The summed E-state index contributed by atoms with van der Waals surface area (Å²) in [5.74, 6) is -0.127. The number of nitrogens with two attached hydrogens (primary N) is 1. The second-order valence-electron chi connectivity index (χ2n) is 3.93. The molecule has 0 bridgehead atoms. The molecule has 0 fully saturated rings. The monoisotopic (exact) mass is 252 g/mol. The van der Waals surface area contributed by atoms with Crippen LogP contribution in [0.25, 0.3) is 0 Å². The molecule has 1 aromatic rings. The van der Waals surface area contributed by atoms with E-state index in [-0.39, 0.29) is 12.5 Å². The number of carbonyl (C=O) groups excluding carboxylic acids is 1. The maximum atomic E-state index is 11.4. The van der Waals surface area contributed by atoms with Crippen LogP contribution in [0.15, 0.2) is 24.3 Å². The van der Waals surface area contributed by atoms with Gasteiger partial charge >= 0.3 is 0 Å². The number of ether oxygens (including phenoxy) is 1. The molecule has 4 N–H and O–H groups in total. The molecule has 1 amide bonds. The summed E-state index contributed by atoms with van der Waals surface area (Å²) in [7, 11) is 0. The summed E-state index contributed by atoms with van der Waals surface area (Å²) in [6, 6.07) is 6.92. The number of nitrogens with one attached hydrogen (secondary N) is 1. The average molecular weight is 252 g/mol. The molecular weight excluding hydrogens is 232 g/mol. The number of nitrogen functional groups attached to an aromatic ring is 1. The number of rotatable bonds is 7. The molecule has 1 atom stereocenters. The Balaban J connectivity index is 2.30. The first-order valence-electron chi connectivity index (χ1n) is 6.01. The van der Waals surface area contributed by atoms with Crippen molar-refractivity contribution in [1.29, 1.82) is 0 Å². The second kappa shape index (κ2) is 7.68. The van der Waals surface area contributed by atoms with Gasteiger partial charge in [-0.1, -0.05) is 12.1 Å². The lowest BCUT2D eigenvalue weighted by atomic mass is 10.1. The summed E-state index contributed by atoms with van der Waals surface area (Å²) in [5, 5.41) is 12.5. The summed E-state index contributed by atoms with van der Waals surface area (Å²) in [5.41, 5.74) is 6.93. The second-order valence-corrected chi connectivity index (χ2v) is 3.93. The van der Waals surface area contributed by atoms with Crippen LogP contribution >= 0.6 is 0 Å². The predicted octanol–water partition coefficient (Wildman–Crippen LogP) is 0.845. The lowest BCUT2D eigenvalue weighted by molar-refractivity contribution is -0.122. The van der Waals surface area contributed by atoms with Crippen molar-refractivity contribution in [3.8, 4) is 0 Å².